The monoisotopic (exact) mass is 392 g/mol. The van der Waals surface area contributed by atoms with Crippen LogP contribution in [0.15, 0.2) is 48.8 Å². The summed E-state index contributed by atoms with van der Waals surface area (Å²) in [5.74, 6) is 0.186. The van der Waals surface area contributed by atoms with Crippen molar-refractivity contribution in [2.45, 2.75) is 12.4 Å². The molecule has 2 aromatic heterocycles. The molecule has 0 saturated heterocycles. The number of amides is 1. The van der Waals surface area contributed by atoms with E-state index in [1.54, 1.807) is 6.07 Å². The molecule has 146 valence electrons. The molecule has 1 amide bonds. The minimum absolute atomic E-state index is 0.0599. The van der Waals surface area contributed by atoms with Gasteiger partial charge in [0, 0.05) is 23.7 Å². The lowest BCUT2D eigenvalue weighted by molar-refractivity contribution is -0.141. The first-order valence-electron chi connectivity index (χ1n) is 8.00. The molecular weight excluding hydrogens is 377 g/mol. The molecule has 0 radical (unpaired) electrons. The van der Waals surface area contributed by atoms with Crippen molar-refractivity contribution in [1.29, 1.82) is 0 Å². The number of allylic oxidation sites excluding steroid dienone is 2. The van der Waals surface area contributed by atoms with E-state index < -0.39 is 24.2 Å². The zero-order valence-corrected chi connectivity index (χ0v) is 14.5. The molecule has 1 aliphatic heterocycles. The van der Waals surface area contributed by atoms with Crippen LogP contribution in [0.4, 0.5) is 23.8 Å². The number of alkyl halides is 3. The Morgan fingerprint density at radius 2 is 2.07 bits per heavy atom. The Hall–Kier alpha value is -3.40. The zero-order valence-electron chi connectivity index (χ0n) is 14.5. The highest BCUT2D eigenvalue weighted by molar-refractivity contribution is 5.88. The van der Waals surface area contributed by atoms with Crippen molar-refractivity contribution < 1.29 is 27.8 Å². The fourth-order valence-corrected chi connectivity index (χ4v) is 2.63. The molecule has 1 unspecified atom stereocenters. The van der Waals surface area contributed by atoms with Crippen LogP contribution in [0, 0.1) is 0 Å². The van der Waals surface area contributed by atoms with Crippen LogP contribution in [0.1, 0.15) is 16.8 Å². The molecule has 0 aliphatic carbocycles. The lowest BCUT2D eigenvalue weighted by atomic mass is 9.98. The van der Waals surface area contributed by atoms with Gasteiger partial charge in [0.05, 0.1) is 7.11 Å². The van der Waals surface area contributed by atoms with Crippen LogP contribution in [-0.2, 0) is 10.9 Å². The van der Waals surface area contributed by atoms with Gasteiger partial charge in [0.25, 0.3) is 0 Å². The van der Waals surface area contributed by atoms with E-state index in [0.717, 1.165) is 6.20 Å². The van der Waals surface area contributed by atoms with Crippen molar-refractivity contribution in [1.82, 2.24) is 15.3 Å². The van der Waals surface area contributed by atoms with Crippen LogP contribution in [0.25, 0.3) is 11.3 Å². The number of halogens is 3. The maximum Gasteiger partial charge on any atom is 0.434 e. The van der Waals surface area contributed by atoms with Gasteiger partial charge in [-0.15, -0.1) is 0 Å². The molecule has 10 heteroatoms. The first-order valence-corrected chi connectivity index (χ1v) is 8.00. The number of nitrogens with one attached hydrogen (secondary N) is 2. The average molecular weight is 392 g/mol. The number of dihydropyridines is 1. The van der Waals surface area contributed by atoms with Gasteiger partial charge in [-0.25, -0.2) is 9.78 Å². The fourth-order valence-electron chi connectivity index (χ4n) is 2.63. The zero-order chi connectivity index (χ0) is 20.3. The Morgan fingerprint density at radius 1 is 1.29 bits per heavy atom. The van der Waals surface area contributed by atoms with Gasteiger partial charge in [0.1, 0.15) is 12.0 Å². The molecular formula is C18H15F3N4O3. The smallest absolute Gasteiger partial charge is 0.434 e. The van der Waals surface area contributed by atoms with E-state index >= 15 is 0 Å². The Balaban J connectivity index is 2.00. The standard InChI is InChI=1S/C18H15F3N4O3/c1-28-17(27)25-14-8-10(4-6-22-14)11-7-13(24-15(26)9-11)12-3-2-5-23-16(12)18(19,20)21/h2-9,15,24,26H,1H3,(H,22,25,27). The highest BCUT2D eigenvalue weighted by Gasteiger charge is 2.36. The summed E-state index contributed by atoms with van der Waals surface area (Å²) in [5, 5.41) is 15.1. The molecule has 2 aromatic rings. The number of anilines is 1. The summed E-state index contributed by atoms with van der Waals surface area (Å²) in [6.07, 6.45) is -1.25. The second-order valence-corrected chi connectivity index (χ2v) is 5.71. The Kier molecular flexibility index (Phi) is 5.32. The number of ether oxygens (including phenoxy) is 1. The highest BCUT2D eigenvalue weighted by Crippen LogP contribution is 2.34. The molecule has 3 rings (SSSR count). The average Bonchev–Trinajstić information content (AvgIpc) is 2.67. The number of pyridine rings is 2. The maximum absolute atomic E-state index is 13.3. The summed E-state index contributed by atoms with van der Waals surface area (Å²) in [6.45, 7) is 0. The van der Waals surface area contributed by atoms with Gasteiger partial charge in [-0.3, -0.25) is 10.3 Å². The molecule has 0 spiro atoms. The number of aliphatic hydroxyl groups excluding tert-OH is 1. The second kappa shape index (κ2) is 7.69. The van der Waals surface area contributed by atoms with Gasteiger partial charge in [0.15, 0.2) is 5.69 Å². The molecule has 1 aliphatic rings. The minimum Gasteiger partial charge on any atom is -0.453 e. The van der Waals surface area contributed by atoms with Crippen molar-refractivity contribution in [3.63, 3.8) is 0 Å². The Labute approximate surface area is 157 Å². The molecule has 3 heterocycles. The lowest BCUT2D eigenvalue weighted by Crippen LogP contribution is -2.29. The summed E-state index contributed by atoms with van der Waals surface area (Å²) in [4.78, 5) is 18.7. The number of rotatable bonds is 3. The largest absolute Gasteiger partial charge is 0.453 e. The van der Waals surface area contributed by atoms with Crippen molar-refractivity contribution in [2.24, 2.45) is 0 Å². The normalized spacial score (nSPS) is 16.5. The number of hydrogen-bond acceptors (Lipinski definition) is 6. The van der Waals surface area contributed by atoms with Crippen LogP contribution in [0.2, 0.25) is 0 Å². The first kappa shape index (κ1) is 19.4. The number of methoxy groups -OCH3 is 1. The third-order valence-electron chi connectivity index (χ3n) is 3.82. The number of carbonyl (C=O) groups excluding carboxylic acids is 1. The quantitative estimate of drug-likeness (QED) is 0.743. The summed E-state index contributed by atoms with van der Waals surface area (Å²) in [6, 6.07) is 5.74. The first-order chi connectivity index (χ1) is 13.3. The number of hydrogen-bond donors (Lipinski definition) is 3. The predicted molar refractivity (Wildman–Crippen MR) is 94.6 cm³/mol. The number of aliphatic hydroxyl groups is 1. The van der Waals surface area contributed by atoms with Crippen LogP contribution in [0.3, 0.4) is 0 Å². The van der Waals surface area contributed by atoms with Gasteiger partial charge in [0.2, 0.25) is 0 Å². The van der Waals surface area contributed by atoms with E-state index in [2.05, 4.69) is 25.3 Å². The molecule has 0 fully saturated rings. The highest BCUT2D eigenvalue weighted by atomic mass is 19.4. The summed E-state index contributed by atoms with van der Waals surface area (Å²) >= 11 is 0. The molecule has 0 bridgehead atoms. The molecule has 28 heavy (non-hydrogen) atoms. The molecule has 7 nitrogen and oxygen atoms in total. The van der Waals surface area contributed by atoms with Crippen molar-refractivity contribution in [3.05, 3.63) is 65.6 Å². The van der Waals surface area contributed by atoms with Crippen LogP contribution in [0.5, 0.6) is 0 Å². The fraction of sp³-hybridized carbons (Fsp3) is 0.167. The Morgan fingerprint density at radius 3 is 2.79 bits per heavy atom. The summed E-state index contributed by atoms with van der Waals surface area (Å²) in [7, 11) is 1.20. The van der Waals surface area contributed by atoms with Crippen molar-refractivity contribution >= 4 is 23.2 Å². The lowest BCUT2D eigenvalue weighted by Gasteiger charge is -2.23. The molecule has 0 aromatic carbocycles. The number of carbonyl (C=O) groups is 1. The number of nitrogens with zero attached hydrogens (tertiary/aromatic N) is 2. The summed E-state index contributed by atoms with van der Waals surface area (Å²) < 4.78 is 44.3. The van der Waals surface area contributed by atoms with Gasteiger partial charge in [-0.1, -0.05) is 0 Å². The van der Waals surface area contributed by atoms with E-state index in [4.69, 9.17) is 0 Å². The van der Waals surface area contributed by atoms with E-state index in [1.165, 1.54) is 43.7 Å². The van der Waals surface area contributed by atoms with E-state index in [0.29, 0.717) is 11.1 Å². The Bertz CT molecular complexity index is 957. The van der Waals surface area contributed by atoms with Crippen LogP contribution < -0.4 is 10.6 Å². The number of aromatic nitrogens is 2. The SMILES string of the molecule is COC(=O)Nc1cc(C2=CC(O)NC(c3cccnc3C(F)(F)F)=C2)ccn1. The van der Waals surface area contributed by atoms with Crippen LogP contribution >= 0.6 is 0 Å². The minimum atomic E-state index is -4.65. The van der Waals surface area contributed by atoms with Crippen molar-refractivity contribution in [3.8, 4) is 0 Å². The van der Waals surface area contributed by atoms with Gasteiger partial charge in [-0.05, 0) is 47.6 Å². The maximum atomic E-state index is 13.3. The van der Waals surface area contributed by atoms with Gasteiger partial charge < -0.3 is 15.2 Å². The van der Waals surface area contributed by atoms with E-state index in [9.17, 15) is 23.1 Å². The van der Waals surface area contributed by atoms with E-state index in [1.807, 2.05) is 0 Å². The van der Waals surface area contributed by atoms with Gasteiger partial charge in [-0.2, -0.15) is 13.2 Å². The topological polar surface area (TPSA) is 96.4 Å². The van der Waals surface area contributed by atoms with Crippen molar-refractivity contribution in [2.75, 3.05) is 12.4 Å². The third-order valence-corrected chi connectivity index (χ3v) is 3.82. The molecule has 3 N–H and O–H groups in total. The van der Waals surface area contributed by atoms with E-state index in [-0.39, 0.29) is 17.1 Å². The van der Waals surface area contributed by atoms with Gasteiger partial charge >= 0.3 is 12.3 Å². The summed E-state index contributed by atoms with van der Waals surface area (Å²) in [5.41, 5.74) is -0.234. The predicted octanol–water partition coefficient (Wildman–Crippen LogP) is 3.02. The van der Waals surface area contributed by atoms with Crippen LogP contribution in [-0.4, -0.2) is 34.5 Å². The third kappa shape index (κ3) is 4.29. The molecule has 1 atom stereocenters. The molecule has 0 saturated carbocycles. The second-order valence-electron chi connectivity index (χ2n) is 5.71.